The minimum absolute atomic E-state index is 0.189. The topological polar surface area (TPSA) is 73.2 Å². The maximum atomic E-state index is 13.2. The lowest BCUT2D eigenvalue weighted by molar-refractivity contribution is -0.137. The Kier molecular flexibility index (Phi) is 6.19. The molecule has 2 amide bonds. The number of carbonyl (C=O) groups is 2. The normalized spacial score (nSPS) is 10.8. The zero-order valence-corrected chi connectivity index (χ0v) is 14.4. The molecule has 0 fully saturated rings. The van der Waals surface area contributed by atoms with Crippen molar-refractivity contribution in [2.75, 3.05) is 16.8 Å². The average Bonchev–Trinajstić information content (AvgIpc) is 2.62. The number of carbonyl (C=O) groups excluding carboxylic acids is 2. The summed E-state index contributed by atoms with van der Waals surface area (Å²) < 4.78 is 39.5. The van der Waals surface area contributed by atoms with Crippen molar-refractivity contribution in [3.05, 3.63) is 59.7 Å². The summed E-state index contributed by atoms with van der Waals surface area (Å²) in [6.07, 6.45) is -4.80. The molecule has 2 rings (SSSR count). The number of hydrogen-bond donors (Lipinski definition) is 1. The smallest absolute Gasteiger partial charge is 0.326 e. The molecule has 0 aromatic heterocycles. The molecule has 2 aromatic rings. The van der Waals surface area contributed by atoms with E-state index in [9.17, 15) is 22.8 Å². The van der Waals surface area contributed by atoms with Gasteiger partial charge in [0.1, 0.15) is 0 Å². The number of nitriles is 1. The fourth-order valence-electron chi connectivity index (χ4n) is 2.46. The molecule has 0 saturated heterocycles. The first-order valence-electron chi connectivity index (χ1n) is 7.96. The van der Waals surface area contributed by atoms with Gasteiger partial charge in [-0.05, 0) is 36.4 Å². The highest BCUT2D eigenvalue weighted by atomic mass is 19.4. The standard InChI is InChI=1S/C19H16F3N3O2/c1-13(26)25(17-5-3-2-4-16(17)19(20,21)22)11-10-18(27)24-15-8-6-14(12-23)7-9-15/h2-9H,10-11H2,1H3,(H,24,27). The molecular formula is C19H16F3N3O2. The quantitative estimate of drug-likeness (QED) is 0.860. The molecule has 0 aliphatic rings. The first-order chi connectivity index (χ1) is 12.7. The molecule has 140 valence electrons. The van der Waals surface area contributed by atoms with E-state index in [4.69, 9.17) is 5.26 Å². The second kappa shape index (κ2) is 8.36. The number of nitrogens with one attached hydrogen (secondary N) is 1. The number of para-hydroxylation sites is 1. The molecule has 0 atom stereocenters. The number of rotatable bonds is 5. The van der Waals surface area contributed by atoms with E-state index in [1.165, 1.54) is 42.5 Å². The molecular weight excluding hydrogens is 359 g/mol. The van der Waals surface area contributed by atoms with Crippen molar-refractivity contribution in [3.8, 4) is 6.07 Å². The lowest BCUT2D eigenvalue weighted by atomic mass is 10.1. The Bertz CT molecular complexity index is 871. The summed E-state index contributed by atoms with van der Waals surface area (Å²) >= 11 is 0. The van der Waals surface area contributed by atoms with Gasteiger partial charge in [-0.1, -0.05) is 12.1 Å². The van der Waals surface area contributed by atoms with Crippen LogP contribution in [0.2, 0.25) is 0 Å². The highest BCUT2D eigenvalue weighted by Crippen LogP contribution is 2.36. The first-order valence-corrected chi connectivity index (χ1v) is 7.96. The maximum Gasteiger partial charge on any atom is 0.418 e. The van der Waals surface area contributed by atoms with E-state index in [1.807, 2.05) is 6.07 Å². The van der Waals surface area contributed by atoms with Crippen LogP contribution in [0.15, 0.2) is 48.5 Å². The minimum atomic E-state index is -4.62. The highest BCUT2D eigenvalue weighted by Gasteiger charge is 2.35. The van der Waals surface area contributed by atoms with Crippen molar-refractivity contribution in [3.63, 3.8) is 0 Å². The van der Waals surface area contributed by atoms with Crippen molar-refractivity contribution >= 4 is 23.2 Å². The van der Waals surface area contributed by atoms with E-state index in [2.05, 4.69) is 5.32 Å². The molecule has 0 spiro atoms. The van der Waals surface area contributed by atoms with Crippen molar-refractivity contribution in [1.29, 1.82) is 5.26 Å². The molecule has 0 bridgehead atoms. The van der Waals surface area contributed by atoms with Crippen LogP contribution in [-0.2, 0) is 15.8 Å². The Labute approximate surface area is 154 Å². The molecule has 0 radical (unpaired) electrons. The number of alkyl halides is 3. The predicted octanol–water partition coefficient (Wildman–Crippen LogP) is 3.96. The second-order valence-corrected chi connectivity index (χ2v) is 5.67. The Balaban J connectivity index is 2.10. The first kappa shape index (κ1) is 20.0. The maximum absolute atomic E-state index is 13.2. The Hall–Kier alpha value is -3.34. The van der Waals surface area contributed by atoms with Gasteiger partial charge in [-0.3, -0.25) is 9.59 Å². The van der Waals surface area contributed by atoms with E-state index in [1.54, 1.807) is 0 Å². The van der Waals surface area contributed by atoms with Crippen LogP contribution in [0.4, 0.5) is 24.5 Å². The van der Waals surface area contributed by atoms with Crippen LogP contribution in [0, 0.1) is 11.3 Å². The summed E-state index contributed by atoms with van der Waals surface area (Å²) in [7, 11) is 0. The fourth-order valence-corrected chi connectivity index (χ4v) is 2.46. The number of hydrogen-bond acceptors (Lipinski definition) is 3. The van der Waals surface area contributed by atoms with Crippen molar-refractivity contribution in [2.24, 2.45) is 0 Å². The van der Waals surface area contributed by atoms with Gasteiger partial charge in [0.2, 0.25) is 11.8 Å². The summed E-state index contributed by atoms with van der Waals surface area (Å²) in [6, 6.07) is 12.8. The largest absolute Gasteiger partial charge is 0.418 e. The van der Waals surface area contributed by atoms with E-state index in [0.29, 0.717) is 11.3 Å². The molecule has 2 aromatic carbocycles. The van der Waals surface area contributed by atoms with Gasteiger partial charge in [-0.2, -0.15) is 18.4 Å². The Morgan fingerprint density at radius 2 is 1.74 bits per heavy atom. The third-order valence-electron chi connectivity index (χ3n) is 3.74. The summed E-state index contributed by atoms with van der Waals surface area (Å²) in [5.74, 6) is -1.06. The van der Waals surface area contributed by atoms with Gasteiger partial charge < -0.3 is 10.2 Å². The summed E-state index contributed by atoms with van der Waals surface area (Å²) in [4.78, 5) is 24.9. The van der Waals surface area contributed by atoms with Gasteiger partial charge in [0.15, 0.2) is 0 Å². The molecule has 8 heteroatoms. The van der Waals surface area contributed by atoms with E-state index < -0.39 is 23.6 Å². The Morgan fingerprint density at radius 1 is 1.11 bits per heavy atom. The van der Waals surface area contributed by atoms with E-state index in [-0.39, 0.29) is 18.7 Å². The van der Waals surface area contributed by atoms with Crippen LogP contribution in [0.25, 0.3) is 0 Å². The van der Waals surface area contributed by atoms with Crippen molar-refractivity contribution in [2.45, 2.75) is 19.5 Å². The van der Waals surface area contributed by atoms with Gasteiger partial charge in [0.05, 0.1) is 22.9 Å². The summed E-state index contributed by atoms with van der Waals surface area (Å²) in [6.45, 7) is 0.941. The number of halogens is 3. The predicted molar refractivity (Wildman–Crippen MR) is 93.9 cm³/mol. The molecule has 0 unspecified atom stereocenters. The van der Waals surface area contributed by atoms with Crippen LogP contribution in [-0.4, -0.2) is 18.4 Å². The number of amides is 2. The van der Waals surface area contributed by atoms with Crippen LogP contribution in [0.1, 0.15) is 24.5 Å². The van der Waals surface area contributed by atoms with E-state index in [0.717, 1.165) is 17.9 Å². The minimum Gasteiger partial charge on any atom is -0.326 e. The van der Waals surface area contributed by atoms with E-state index >= 15 is 0 Å². The number of nitrogens with zero attached hydrogens (tertiary/aromatic N) is 2. The number of benzene rings is 2. The lowest BCUT2D eigenvalue weighted by Crippen LogP contribution is -2.33. The zero-order valence-electron chi connectivity index (χ0n) is 14.4. The van der Waals surface area contributed by atoms with Crippen LogP contribution in [0.5, 0.6) is 0 Å². The van der Waals surface area contributed by atoms with Gasteiger partial charge >= 0.3 is 6.18 Å². The molecule has 27 heavy (non-hydrogen) atoms. The van der Waals surface area contributed by atoms with Gasteiger partial charge in [-0.15, -0.1) is 0 Å². The summed E-state index contributed by atoms with van der Waals surface area (Å²) in [5, 5.41) is 11.3. The number of anilines is 2. The third-order valence-corrected chi connectivity index (χ3v) is 3.74. The van der Waals surface area contributed by atoms with Crippen molar-refractivity contribution < 1.29 is 22.8 Å². The fraction of sp³-hybridized carbons (Fsp3) is 0.211. The monoisotopic (exact) mass is 375 g/mol. The van der Waals surface area contributed by atoms with Crippen LogP contribution < -0.4 is 10.2 Å². The molecule has 0 saturated carbocycles. The molecule has 0 heterocycles. The Morgan fingerprint density at radius 3 is 2.30 bits per heavy atom. The van der Waals surface area contributed by atoms with Gasteiger partial charge in [-0.25, -0.2) is 0 Å². The average molecular weight is 375 g/mol. The summed E-state index contributed by atoms with van der Waals surface area (Å²) in [5.41, 5.74) is -0.347. The van der Waals surface area contributed by atoms with Crippen molar-refractivity contribution in [1.82, 2.24) is 0 Å². The SMILES string of the molecule is CC(=O)N(CCC(=O)Nc1ccc(C#N)cc1)c1ccccc1C(F)(F)F. The highest BCUT2D eigenvalue weighted by molar-refractivity contribution is 5.95. The van der Waals surface area contributed by atoms with Crippen LogP contribution >= 0.6 is 0 Å². The molecule has 0 aliphatic heterocycles. The van der Waals surface area contributed by atoms with Gasteiger partial charge in [0.25, 0.3) is 0 Å². The molecule has 1 N–H and O–H groups in total. The van der Waals surface area contributed by atoms with Crippen LogP contribution in [0.3, 0.4) is 0 Å². The lowest BCUT2D eigenvalue weighted by Gasteiger charge is -2.24. The molecule has 5 nitrogen and oxygen atoms in total. The second-order valence-electron chi connectivity index (χ2n) is 5.67. The zero-order chi connectivity index (χ0) is 20.0. The third kappa shape index (κ3) is 5.31. The van der Waals surface area contributed by atoms with Gasteiger partial charge in [0, 0.05) is 25.6 Å². The molecule has 0 aliphatic carbocycles.